The van der Waals surface area contributed by atoms with Crippen molar-refractivity contribution in [2.75, 3.05) is 5.73 Å². The molecule has 26 heavy (non-hydrogen) atoms. The van der Waals surface area contributed by atoms with Gasteiger partial charge in [0.1, 0.15) is 9.71 Å². The average molecular weight is 367 g/mol. The molecule has 0 atom stereocenters. The lowest BCUT2D eigenvalue weighted by atomic mass is 10.1. The molecule has 0 aliphatic rings. The molecule has 0 saturated carbocycles. The van der Waals surface area contributed by atoms with Gasteiger partial charge < -0.3 is 5.73 Å². The summed E-state index contributed by atoms with van der Waals surface area (Å²) in [7, 11) is 0. The number of aromatic nitrogens is 3. The molecule has 0 radical (unpaired) electrons. The first kappa shape index (κ1) is 16.2. The molecule has 130 valence electrons. The van der Waals surface area contributed by atoms with Gasteiger partial charge in [-0.1, -0.05) is 18.2 Å². The number of rotatable bonds is 3. The second-order valence-corrected chi connectivity index (χ2v) is 6.93. The van der Waals surface area contributed by atoms with Crippen LogP contribution in [-0.2, 0) is 0 Å². The highest BCUT2D eigenvalue weighted by atomic mass is 32.1. The number of ketones is 1. The lowest BCUT2D eigenvalue weighted by Crippen LogP contribution is -2.41. The minimum atomic E-state index is -0.753. The number of para-hydroxylation sites is 1. The first-order chi connectivity index (χ1) is 12.5. The molecule has 7 nitrogen and oxygen atoms in total. The third-order valence-electron chi connectivity index (χ3n) is 4.11. The van der Waals surface area contributed by atoms with Gasteiger partial charge in [-0.25, -0.2) is 9.78 Å². The van der Waals surface area contributed by atoms with E-state index in [-0.39, 0.29) is 10.6 Å². The van der Waals surface area contributed by atoms with Crippen molar-refractivity contribution in [3.8, 4) is 5.69 Å². The van der Waals surface area contributed by atoms with Crippen LogP contribution in [0.5, 0.6) is 0 Å². The van der Waals surface area contributed by atoms with E-state index in [4.69, 9.17) is 10.3 Å². The molecule has 0 bridgehead atoms. The number of hydrogen-bond donors (Lipinski definition) is 2. The van der Waals surface area contributed by atoms with Crippen LogP contribution in [0.3, 0.4) is 0 Å². The van der Waals surface area contributed by atoms with Gasteiger partial charge in [0.2, 0.25) is 5.69 Å². The van der Waals surface area contributed by atoms with E-state index in [0.717, 1.165) is 16.6 Å². The van der Waals surface area contributed by atoms with Crippen LogP contribution in [0.2, 0.25) is 0 Å². The Morgan fingerprint density at radius 2 is 2.00 bits per heavy atom. The number of anilines is 1. The molecule has 3 N–H and O–H groups in total. The van der Waals surface area contributed by atoms with E-state index in [2.05, 4.69) is 10.3 Å². The highest BCUT2D eigenvalue weighted by molar-refractivity contribution is 7.21. The molecule has 3 aromatic heterocycles. The van der Waals surface area contributed by atoms with Gasteiger partial charge in [-0.3, -0.25) is 9.32 Å². The van der Waals surface area contributed by atoms with E-state index in [9.17, 15) is 9.59 Å². The molecule has 0 aliphatic carbocycles. The Labute approximate surface area is 151 Å². The van der Waals surface area contributed by atoms with Gasteiger partial charge in [-0.05, 0) is 35.4 Å². The van der Waals surface area contributed by atoms with E-state index < -0.39 is 11.4 Å². The number of carbonyl (C=O) groups excluding carboxylic acids is 1. The number of H-pyrrole nitrogens is 1. The predicted molar refractivity (Wildman–Crippen MR) is 97.8 cm³/mol. The summed E-state index contributed by atoms with van der Waals surface area (Å²) in [5.41, 5.74) is 8.07. The number of aryl methyl sites for hydroxylation is 2. The van der Waals surface area contributed by atoms with E-state index in [1.54, 1.807) is 24.3 Å². The zero-order valence-corrected chi connectivity index (χ0v) is 14.9. The molecule has 0 fully saturated rings. The number of aromatic amines is 1. The third kappa shape index (κ3) is 2.42. The number of fused-ring (bicyclic) bond motifs is 1. The van der Waals surface area contributed by atoms with Crippen molar-refractivity contribution in [2.45, 2.75) is 13.8 Å². The fraction of sp³-hybridized carbons (Fsp3) is 0.111. The van der Waals surface area contributed by atoms with Gasteiger partial charge in [0.05, 0.1) is 5.69 Å². The van der Waals surface area contributed by atoms with Crippen molar-refractivity contribution < 1.29 is 14.0 Å². The van der Waals surface area contributed by atoms with Crippen molar-refractivity contribution in [1.29, 1.82) is 0 Å². The third-order valence-corrected chi connectivity index (χ3v) is 5.20. The normalized spacial score (nSPS) is 11.2. The van der Waals surface area contributed by atoms with Crippen molar-refractivity contribution in [3.05, 3.63) is 68.6 Å². The maximum absolute atomic E-state index is 13.1. The van der Waals surface area contributed by atoms with Crippen LogP contribution in [-0.4, -0.2) is 16.0 Å². The molecule has 4 rings (SSSR count). The van der Waals surface area contributed by atoms with E-state index in [1.165, 1.54) is 16.0 Å². The summed E-state index contributed by atoms with van der Waals surface area (Å²) in [5.74, 6) is -0.499. The Hall–Kier alpha value is -3.26. The Bertz CT molecular complexity index is 1200. The van der Waals surface area contributed by atoms with Crippen molar-refractivity contribution in [2.24, 2.45) is 0 Å². The van der Waals surface area contributed by atoms with Crippen molar-refractivity contribution >= 4 is 33.0 Å². The van der Waals surface area contributed by atoms with Crippen LogP contribution in [0.15, 0.2) is 45.7 Å². The number of pyridine rings is 1. The molecule has 1 aromatic carbocycles. The second-order valence-electron chi connectivity index (χ2n) is 5.94. The summed E-state index contributed by atoms with van der Waals surface area (Å²) >= 11 is 1.18. The van der Waals surface area contributed by atoms with Gasteiger partial charge in [0.15, 0.2) is 0 Å². The summed E-state index contributed by atoms with van der Waals surface area (Å²) in [6, 6.07) is 10.9. The number of benzene rings is 1. The van der Waals surface area contributed by atoms with E-state index >= 15 is 0 Å². The van der Waals surface area contributed by atoms with Crippen LogP contribution >= 0.6 is 11.3 Å². The number of hydrogen-bond acceptors (Lipinski definition) is 6. The monoisotopic (exact) mass is 367 g/mol. The smallest absolute Gasteiger partial charge is 0.397 e. The van der Waals surface area contributed by atoms with E-state index in [1.807, 2.05) is 26.0 Å². The maximum atomic E-state index is 13.1. The topological polar surface area (TPSA) is 106 Å². The van der Waals surface area contributed by atoms with Crippen LogP contribution < -0.4 is 16.0 Å². The molecule has 4 aromatic rings. The molecule has 0 saturated heterocycles. The number of thiophene rings is 1. The largest absolute Gasteiger partial charge is 0.439 e. The minimum absolute atomic E-state index is 0.135. The summed E-state index contributed by atoms with van der Waals surface area (Å²) in [5, 5.41) is 3.22. The Morgan fingerprint density at radius 1 is 1.27 bits per heavy atom. The zero-order chi connectivity index (χ0) is 18.4. The van der Waals surface area contributed by atoms with Crippen molar-refractivity contribution in [1.82, 2.24) is 10.3 Å². The average Bonchev–Trinajstić information content (AvgIpc) is 3.15. The number of nitrogens with one attached hydrogen (secondary N) is 1. The Kier molecular flexibility index (Phi) is 3.69. The maximum Gasteiger partial charge on any atom is 0.439 e. The van der Waals surface area contributed by atoms with Crippen LogP contribution in [0, 0.1) is 13.8 Å². The molecule has 3 heterocycles. The molecule has 0 amide bonds. The zero-order valence-electron chi connectivity index (χ0n) is 14.1. The number of carbonyl (C=O) groups is 1. The molecular formula is C18H15N4O3S+. The molecular weight excluding hydrogens is 352 g/mol. The van der Waals surface area contributed by atoms with Crippen LogP contribution in [0.1, 0.15) is 26.6 Å². The summed E-state index contributed by atoms with van der Waals surface area (Å²) in [6.07, 6.45) is 0. The Balaban J connectivity index is 1.92. The van der Waals surface area contributed by atoms with Gasteiger partial charge >= 0.3 is 11.3 Å². The quantitative estimate of drug-likeness (QED) is 0.427. The van der Waals surface area contributed by atoms with Gasteiger partial charge in [-0.15, -0.1) is 11.3 Å². The summed E-state index contributed by atoms with van der Waals surface area (Å²) < 4.78 is 6.18. The Morgan fingerprint density at radius 3 is 2.73 bits per heavy atom. The van der Waals surface area contributed by atoms with Crippen LogP contribution in [0.4, 0.5) is 5.69 Å². The summed E-state index contributed by atoms with van der Waals surface area (Å²) in [4.78, 5) is 30.7. The highest BCUT2D eigenvalue weighted by Gasteiger charge is 2.34. The number of nitrogens with two attached hydrogens (primary N) is 1. The van der Waals surface area contributed by atoms with E-state index in [0.29, 0.717) is 16.2 Å². The number of nitrogens with zero attached hydrogens (tertiary/aromatic N) is 2. The first-order valence-corrected chi connectivity index (χ1v) is 8.69. The van der Waals surface area contributed by atoms with Gasteiger partial charge in [0.25, 0.3) is 5.78 Å². The number of nitrogen functional groups attached to an aromatic ring is 1. The second kappa shape index (κ2) is 5.92. The van der Waals surface area contributed by atoms with Crippen LogP contribution in [0.25, 0.3) is 15.9 Å². The van der Waals surface area contributed by atoms with Crippen molar-refractivity contribution in [3.63, 3.8) is 0 Å². The first-order valence-electron chi connectivity index (χ1n) is 7.87. The predicted octanol–water partition coefficient (Wildman–Crippen LogP) is 2.28. The highest BCUT2D eigenvalue weighted by Crippen LogP contribution is 2.35. The summed E-state index contributed by atoms with van der Waals surface area (Å²) in [6.45, 7) is 3.80. The lowest BCUT2D eigenvalue weighted by Gasteiger charge is -1.99. The van der Waals surface area contributed by atoms with Gasteiger partial charge in [0, 0.05) is 23.2 Å². The molecule has 0 unspecified atom stereocenters. The lowest BCUT2D eigenvalue weighted by molar-refractivity contribution is -0.672. The SMILES string of the molecule is Cc1cc(C)c2c(N)c(C(=O)c3c(=O)o[nH][n+]3-c3ccccc3)sc2n1. The standard InChI is InChI=1S/C18H14N4O3S/c1-9-8-10(2)20-17-12(9)13(19)16(26-17)15(23)14-18(24)25-21-22(14)11-6-4-3-5-7-11/h3-8H,1-2H3,(H2-,19,21,23,24)/p+1. The molecule has 0 aliphatic heterocycles. The fourth-order valence-corrected chi connectivity index (χ4v) is 4.13. The minimum Gasteiger partial charge on any atom is -0.397 e. The van der Waals surface area contributed by atoms with Gasteiger partial charge in [-0.2, -0.15) is 0 Å². The fourth-order valence-electron chi connectivity index (χ4n) is 2.97. The molecule has 0 spiro atoms. The molecule has 8 heteroatoms.